The van der Waals surface area contributed by atoms with E-state index >= 15 is 0 Å². The quantitative estimate of drug-likeness (QED) is 0.657. The number of benzene rings is 2. The van der Waals surface area contributed by atoms with Gasteiger partial charge in [-0.2, -0.15) is 0 Å². The Bertz CT molecular complexity index is 823. The Labute approximate surface area is 153 Å². The zero-order valence-corrected chi connectivity index (χ0v) is 14.6. The molecule has 2 aromatic rings. The molecule has 0 aliphatic heterocycles. The van der Waals surface area contributed by atoms with Crippen molar-refractivity contribution in [1.29, 1.82) is 0 Å². The normalized spacial score (nSPS) is 11.2. The van der Waals surface area contributed by atoms with E-state index in [9.17, 15) is 22.4 Å². The summed E-state index contributed by atoms with van der Waals surface area (Å²) in [5.41, 5.74) is -0.536. The molecule has 0 aromatic heterocycles. The van der Waals surface area contributed by atoms with Crippen molar-refractivity contribution in [3.05, 3.63) is 51.7 Å². The summed E-state index contributed by atoms with van der Waals surface area (Å²) in [7, 11) is 1.21. The summed E-state index contributed by atoms with van der Waals surface area (Å²) in [6, 6.07) is 5.49. The first-order chi connectivity index (χ1) is 12.1. The Kier molecular flexibility index (Phi) is 5.96. The fourth-order valence-corrected chi connectivity index (χ4v) is 2.58. The van der Waals surface area contributed by atoms with Gasteiger partial charge in [0, 0.05) is 16.1 Å². The molecular formula is C16H11BrF4O5. The molecule has 0 aliphatic rings. The van der Waals surface area contributed by atoms with Crippen molar-refractivity contribution in [3.63, 3.8) is 0 Å². The van der Waals surface area contributed by atoms with Crippen molar-refractivity contribution in [3.8, 4) is 17.2 Å². The molecule has 0 heterocycles. The number of ether oxygens (including phenoxy) is 3. The first-order valence-corrected chi connectivity index (χ1v) is 7.68. The van der Waals surface area contributed by atoms with Gasteiger partial charge in [0.25, 0.3) is 0 Å². The zero-order valence-electron chi connectivity index (χ0n) is 13.1. The Morgan fingerprint density at radius 3 is 2.46 bits per heavy atom. The third-order valence-electron chi connectivity index (χ3n) is 3.10. The van der Waals surface area contributed by atoms with Crippen LogP contribution in [-0.4, -0.2) is 24.5 Å². The molecule has 0 bridgehead atoms. The van der Waals surface area contributed by atoms with E-state index in [1.165, 1.54) is 13.2 Å². The minimum atomic E-state index is -4.86. The van der Waals surface area contributed by atoms with Crippen molar-refractivity contribution in [2.24, 2.45) is 0 Å². The van der Waals surface area contributed by atoms with E-state index < -0.39 is 29.5 Å². The SMILES string of the molecule is COc1cc(OC(F)(F)F)ccc1OCc1cc(Br)cc(F)c1C(=O)O. The molecule has 10 heteroatoms. The van der Waals surface area contributed by atoms with Gasteiger partial charge in [-0.3, -0.25) is 0 Å². The average molecular weight is 439 g/mol. The van der Waals surface area contributed by atoms with Gasteiger partial charge in [0.1, 0.15) is 23.7 Å². The van der Waals surface area contributed by atoms with E-state index in [0.717, 1.165) is 24.3 Å². The number of hydrogen-bond acceptors (Lipinski definition) is 4. The van der Waals surface area contributed by atoms with Crippen LogP contribution in [0.15, 0.2) is 34.8 Å². The van der Waals surface area contributed by atoms with E-state index in [0.29, 0.717) is 4.47 Å². The fraction of sp³-hybridized carbons (Fsp3) is 0.188. The van der Waals surface area contributed by atoms with Gasteiger partial charge in [-0.05, 0) is 24.3 Å². The molecule has 0 atom stereocenters. The highest BCUT2D eigenvalue weighted by atomic mass is 79.9. The van der Waals surface area contributed by atoms with Crippen LogP contribution in [0.4, 0.5) is 17.6 Å². The lowest BCUT2D eigenvalue weighted by atomic mass is 10.1. The van der Waals surface area contributed by atoms with E-state index in [1.807, 2.05) is 0 Å². The number of aromatic carboxylic acids is 1. The third kappa shape index (κ3) is 5.01. The molecule has 0 fully saturated rings. The molecule has 0 amide bonds. The van der Waals surface area contributed by atoms with Crippen molar-refractivity contribution >= 4 is 21.9 Å². The number of halogens is 5. The van der Waals surface area contributed by atoms with Crippen LogP contribution in [0.1, 0.15) is 15.9 Å². The van der Waals surface area contributed by atoms with Crippen LogP contribution in [0, 0.1) is 5.82 Å². The average Bonchev–Trinajstić information content (AvgIpc) is 2.50. The summed E-state index contributed by atoms with van der Waals surface area (Å²) in [5.74, 6) is -2.99. The van der Waals surface area contributed by atoms with Crippen molar-refractivity contribution < 1.29 is 41.7 Å². The van der Waals surface area contributed by atoms with Gasteiger partial charge >= 0.3 is 12.3 Å². The van der Waals surface area contributed by atoms with Crippen LogP contribution < -0.4 is 14.2 Å². The Hall–Kier alpha value is -2.49. The van der Waals surface area contributed by atoms with E-state index in [-0.39, 0.29) is 23.7 Å². The second-order valence-electron chi connectivity index (χ2n) is 4.88. The maximum absolute atomic E-state index is 13.8. The van der Waals surface area contributed by atoms with E-state index in [1.54, 1.807) is 0 Å². The molecule has 0 saturated carbocycles. The van der Waals surface area contributed by atoms with Crippen LogP contribution in [0.2, 0.25) is 0 Å². The highest BCUT2D eigenvalue weighted by Gasteiger charge is 2.31. The second-order valence-corrected chi connectivity index (χ2v) is 5.79. The van der Waals surface area contributed by atoms with E-state index in [4.69, 9.17) is 14.6 Å². The first kappa shape index (κ1) is 19.8. The maximum Gasteiger partial charge on any atom is 0.573 e. The highest BCUT2D eigenvalue weighted by molar-refractivity contribution is 9.10. The molecular weight excluding hydrogens is 428 g/mol. The van der Waals surface area contributed by atoms with Gasteiger partial charge in [0.05, 0.1) is 7.11 Å². The number of methoxy groups -OCH3 is 1. The predicted octanol–water partition coefficient (Wildman–Crippen LogP) is 4.77. The minimum absolute atomic E-state index is 0.0266. The van der Waals surface area contributed by atoms with Gasteiger partial charge in [-0.15, -0.1) is 13.2 Å². The molecule has 0 aliphatic carbocycles. The second kappa shape index (κ2) is 7.81. The molecule has 0 radical (unpaired) electrons. The first-order valence-electron chi connectivity index (χ1n) is 6.88. The lowest BCUT2D eigenvalue weighted by molar-refractivity contribution is -0.274. The van der Waals surface area contributed by atoms with Crippen molar-refractivity contribution in [2.45, 2.75) is 13.0 Å². The highest BCUT2D eigenvalue weighted by Crippen LogP contribution is 2.34. The minimum Gasteiger partial charge on any atom is -0.493 e. The van der Waals surface area contributed by atoms with Crippen LogP contribution in [0.5, 0.6) is 17.2 Å². The van der Waals surface area contributed by atoms with Crippen LogP contribution in [0.3, 0.4) is 0 Å². The summed E-state index contributed by atoms with van der Waals surface area (Å²) in [6.45, 7) is -0.353. The Balaban J connectivity index is 2.26. The van der Waals surface area contributed by atoms with Gasteiger partial charge < -0.3 is 19.3 Å². The number of hydrogen-bond donors (Lipinski definition) is 1. The van der Waals surface area contributed by atoms with Crippen LogP contribution in [0.25, 0.3) is 0 Å². The van der Waals surface area contributed by atoms with Crippen molar-refractivity contribution in [1.82, 2.24) is 0 Å². The summed E-state index contributed by atoms with van der Waals surface area (Å²) in [6.07, 6.45) is -4.86. The van der Waals surface area contributed by atoms with Crippen LogP contribution in [-0.2, 0) is 6.61 Å². The molecule has 0 saturated heterocycles. The molecule has 140 valence electrons. The molecule has 26 heavy (non-hydrogen) atoms. The molecule has 0 unspecified atom stereocenters. The fourth-order valence-electron chi connectivity index (χ4n) is 2.10. The summed E-state index contributed by atoms with van der Waals surface area (Å²) >= 11 is 3.05. The lowest BCUT2D eigenvalue weighted by Gasteiger charge is -2.15. The number of carboxylic acids is 1. The summed E-state index contributed by atoms with van der Waals surface area (Å²) in [4.78, 5) is 11.2. The molecule has 0 spiro atoms. The smallest absolute Gasteiger partial charge is 0.493 e. The molecule has 2 rings (SSSR count). The molecule has 1 N–H and O–H groups in total. The number of carboxylic acid groups (broad SMARTS) is 1. The number of alkyl halides is 3. The lowest BCUT2D eigenvalue weighted by Crippen LogP contribution is -2.17. The number of rotatable bonds is 6. The van der Waals surface area contributed by atoms with Crippen molar-refractivity contribution in [2.75, 3.05) is 7.11 Å². The topological polar surface area (TPSA) is 65.0 Å². The molecule has 2 aromatic carbocycles. The number of carbonyl (C=O) groups is 1. The predicted molar refractivity (Wildman–Crippen MR) is 85.1 cm³/mol. The van der Waals surface area contributed by atoms with E-state index in [2.05, 4.69) is 20.7 Å². The Morgan fingerprint density at radius 2 is 1.88 bits per heavy atom. The van der Waals surface area contributed by atoms with Crippen LogP contribution >= 0.6 is 15.9 Å². The monoisotopic (exact) mass is 438 g/mol. The van der Waals surface area contributed by atoms with Gasteiger partial charge in [-0.25, -0.2) is 9.18 Å². The van der Waals surface area contributed by atoms with Gasteiger partial charge in [0.2, 0.25) is 0 Å². The standard InChI is InChI=1S/C16H11BrF4O5/c1-24-13-6-10(26-16(19,20)21)2-3-12(13)25-7-8-4-9(17)5-11(18)14(8)15(22)23/h2-6H,7H2,1H3,(H,22,23). The van der Waals surface area contributed by atoms with Gasteiger partial charge in [-0.1, -0.05) is 15.9 Å². The largest absolute Gasteiger partial charge is 0.573 e. The maximum atomic E-state index is 13.8. The molecule has 5 nitrogen and oxygen atoms in total. The van der Waals surface area contributed by atoms with Gasteiger partial charge in [0.15, 0.2) is 11.5 Å². The summed E-state index contributed by atoms with van der Waals surface area (Å²) < 4.78 is 65.0. The Morgan fingerprint density at radius 1 is 1.19 bits per heavy atom. The zero-order chi connectivity index (χ0) is 19.5. The third-order valence-corrected chi connectivity index (χ3v) is 3.56. The summed E-state index contributed by atoms with van der Waals surface area (Å²) in [5, 5.41) is 9.12.